The van der Waals surface area contributed by atoms with Crippen LogP contribution >= 0.6 is 23.2 Å². The van der Waals surface area contributed by atoms with E-state index >= 15 is 0 Å². The second kappa shape index (κ2) is 6.78. The molecule has 0 saturated carbocycles. The van der Waals surface area contributed by atoms with E-state index in [1.807, 2.05) is 25.1 Å². The van der Waals surface area contributed by atoms with E-state index in [0.29, 0.717) is 15.9 Å². The molecule has 0 fully saturated rings. The van der Waals surface area contributed by atoms with Gasteiger partial charge in [-0.3, -0.25) is 4.79 Å². The largest absolute Gasteiger partial charge is 0.373 e. The molecule has 0 saturated heterocycles. The highest BCUT2D eigenvalue weighted by molar-refractivity contribution is 6.33. The highest BCUT2D eigenvalue weighted by Gasteiger charge is 2.17. The Hall–Kier alpha value is -1.78. The van der Waals surface area contributed by atoms with Crippen molar-refractivity contribution in [2.24, 2.45) is 0 Å². The molecule has 1 aromatic carbocycles. The second-order valence-corrected chi connectivity index (χ2v) is 5.31. The number of hydrogen-bond acceptors (Lipinski definition) is 3. The zero-order valence-electron chi connectivity index (χ0n) is 11.7. The first-order valence-electron chi connectivity index (χ1n) is 6.42. The Morgan fingerprint density at radius 2 is 1.86 bits per heavy atom. The van der Waals surface area contributed by atoms with Gasteiger partial charge in [0.1, 0.15) is 11.5 Å². The summed E-state index contributed by atoms with van der Waals surface area (Å²) in [6.45, 7) is 1.86. The van der Waals surface area contributed by atoms with E-state index < -0.39 is 0 Å². The molecule has 21 heavy (non-hydrogen) atoms. The van der Waals surface area contributed by atoms with E-state index in [-0.39, 0.29) is 17.6 Å². The van der Waals surface area contributed by atoms with Crippen molar-refractivity contribution in [1.82, 2.24) is 10.3 Å². The normalized spacial score (nSPS) is 11.8. The van der Waals surface area contributed by atoms with Crippen LogP contribution in [0.2, 0.25) is 10.0 Å². The van der Waals surface area contributed by atoms with Gasteiger partial charge in [-0.05, 0) is 30.7 Å². The quantitative estimate of drug-likeness (QED) is 0.896. The van der Waals surface area contributed by atoms with Crippen LogP contribution in [0, 0.1) is 0 Å². The maximum absolute atomic E-state index is 12.3. The van der Waals surface area contributed by atoms with Crippen LogP contribution in [0.1, 0.15) is 29.0 Å². The number of nitrogens with one attached hydrogen (secondary N) is 2. The zero-order chi connectivity index (χ0) is 15.4. The smallest absolute Gasteiger partial charge is 0.271 e. The molecule has 1 unspecified atom stereocenters. The first-order valence-corrected chi connectivity index (χ1v) is 7.18. The number of pyridine rings is 1. The van der Waals surface area contributed by atoms with Gasteiger partial charge in [0.25, 0.3) is 5.91 Å². The molecule has 0 bridgehead atoms. The monoisotopic (exact) mass is 323 g/mol. The number of rotatable bonds is 4. The standard InChI is InChI=1S/C15H15Cl2N3O/c1-9(10-5-3-4-6-11(10)16)19-15(21)14-12(17)7-8-13(18-2)20-14/h3-9H,1-2H3,(H,18,20)(H,19,21). The van der Waals surface area contributed by atoms with Gasteiger partial charge in [0.05, 0.1) is 11.1 Å². The van der Waals surface area contributed by atoms with Crippen LogP contribution < -0.4 is 10.6 Å². The number of carbonyl (C=O) groups excluding carboxylic acids is 1. The molecule has 1 heterocycles. The summed E-state index contributed by atoms with van der Waals surface area (Å²) in [5, 5.41) is 6.63. The fourth-order valence-electron chi connectivity index (χ4n) is 1.91. The van der Waals surface area contributed by atoms with Gasteiger partial charge in [0, 0.05) is 12.1 Å². The molecule has 6 heteroatoms. The minimum Gasteiger partial charge on any atom is -0.373 e. The Kier molecular flexibility index (Phi) is 5.04. The summed E-state index contributed by atoms with van der Waals surface area (Å²) in [6.07, 6.45) is 0. The van der Waals surface area contributed by atoms with Gasteiger partial charge in [-0.2, -0.15) is 0 Å². The van der Waals surface area contributed by atoms with E-state index in [0.717, 1.165) is 5.56 Å². The molecule has 2 rings (SSSR count). The lowest BCUT2D eigenvalue weighted by Crippen LogP contribution is -2.28. The molecule has 0 aliphatic heterocycles. The van der Waals surface area contributed by atoms with Crippen molar-refractivity contribution < 1.29 is 4.79 Å². The summed E-state index contributed by atoms with van der Waals surface area (Å²) < 4.78 is 0. The third kappa shape index (κ3) is 3.65. The third-order valence-corrected chi connectivity index (χ3v) is 3.69. The lowest BCUT2D eigenvalue weighted by atomic mass is 10.1. The molecule has 0 aliphatic carbocycles. The summed E-state index contributed by atoms with van der Waals surface area (Å²) in [5.41, 5.74) is 1.02. The average molecular weight is 324 g/mol. The van der Waals surface area contributed by atoms with Crippen LogP contribution in [0.4, 0.5) is 5.82 Å². The van der Waals surface area contributed by atoms with Crippen LogP contribution in [0.15, 0.2) is 36.4 Å². The number of benzene rings is 1. The van der Waals surface area contributed by atoms with Crippen LogP contribution in [-0.2, 0) is 0 Å². The minimum atomic E-state index is -0.343. The number of halogens is 2. The summed E-state index contributed by atoms with van der Waals surface area (Å²) >= 11 is 12.2. The van der Waals surface area contributed by atoms with Crippen LogP contribution in [0.5, 0.6) is 0 Å². The molecule has 0 aliphatic rings. The third-order valence-electron chi connectivity index (χ3n) is 3.04. The zero-order valence-corrected chi connectivity index (χ0v) is 13.2. The Labute approximate surface area is 133 Å². The SMILES string of the molecule is CNc1ccc(Cl)c(C(=O)NC(C)c2ccccc2Cl)n1. The van der Waals surface area contributed by atoms with Crippen molar-refractivity contribution in [2.75, 3.05) is 12.4 Å². The van der Waals surface area contributed by atoms with Crippen molar-refractivity contribution >= 4 is 34.9 Å². The minimum absolute atomic E-state index is 0.183. The predicted molar refractivity (Wildman–Crippen MR) is 86.1 cm³/mol. The molecule has 2 N–H and O–H groups in total. The molecule has 1 atom stereocenters. The molecular weight excluding hydrogens is 309 g/mol. The first kappa shape index (κ1) is 15.6. The van der Waals surface area contributed by atoms with Crippen molar-refractivity contribution in [2.45, 2.75) is 13.0 Å². The lowest BCUT2D eigenvalue weighted by Gasteiger charge is -2.16. The molecule has 4 nitrogen and oxygen atoms in total. The highest BCUT2D eigenvalue weighted by Crippen LogP contribution is 2.23. The van der Waals surface area contributed by atoms with E-state index in [9.17, 15) is 4.79 Å². The van der Waals surface area contributed by atoms with Gasteiger partial charge in [0.15, 0.2) is 0 Å². The summed E-state index contributed by atoms with van der Waals surface area (Å²) in [7, 11) is 1.73. The van der Waals surface area contributed by atoms with Crippen LogP contribution in [0.25, 0.3) is 0 Å². The molecule has 2 aromatic rings. The van der Waals surface area contributed by atoms with E-state index in [1.165, 1.54) is 0 Å². The molecular formula is C15H15Cl2N3O. The molecule has 1 aromatic heterocycles. The fraction of sp³-hybridized carbons (Fsp3) is 0.200. The van der Waals surface area contributed by atoms with Crippen molar-refractivity contribution in [3.8, 4) is 0 Å². The summed E-state index contributed by atoms with van der Waals surface area (Å²) in [6, 6.07) is 10.5. The number of aromatic nitrogens is 1. The topological polar surface area (TPSA) is 54.0 Å². The van der Waals surface area contributed by atoms with Gasteiger partial charge in [-0.1, -0.05) is 41.4 Å². The Morgan fingerprint density at radius 3 is 2.52 bits per heavy atom. The number of amides is 1. The summed E-state index contributed by atoms with van der Waals surface area (Å²) in [5.74, 6) is 0.236. The first-order chi connectivity index (χ1) is 10.0. The van der Waals surface area contributed by atoms with E-state index in [1.54, 1.807) is 25.2 Å². The average Bonchev–Trinajstić information content (AvgIpc) is 2.48. The molecule has 110 valence electrons. The van der Waals surface area contributed by atoms with Gasteiger partial charge < -0.3 is 10.6 Å². The van der Waals surface area contributed by atoms with Gasteiger partial charge >= 0.3 is 0 Å². The van der Waals surface area contributed by atoms with Crippen molar-refractivity contribution in [1.29, 1.82) is 0 Å². The second-order valence-electron chi connectivity index (χ2n) is 4.49. The van der Waals surface area contributed by atoms with Crippen LogP contribution in [0.3, 0.4) is 0 Å². The van der Waals surface area contributed by atoms with Gasteiger partial charge in [0.2, 0.25) is 0 Å². The number of carbonyl (C=O) groups is 1. The molecule has 1 amide bonds. The number of hydrogen-bond donors (Lipinski definition) is 2. The fourth-order valence-corrected chi connectivity index (χ4v) is 2.40. The maximum Gasteiger partial charge on any atom is 0.271 e. The predicted octanol–water partition coefficient (Wildman–Crippen LogP) is 3.92. The van der Waals surface area contributed by atoms with Crippen molar-refractivity contribution in [3.05, 3.63) is 57.7 Å². The Bertz CT molecular complexity index is 661. The van der Waals surface area contributed by atoms with Gasteiger partial charge in [-0.25, -0.2) is 4.98 Å². The Balaban J connectivity index is 2.20. The van der Waals surface area contributed by atoms with E-state index in [4.69, 9.17) is 23.2 Å². The van der Waals surface area contributed by atoms with E-state index in [2.05, 4.69) is 15.6 Å². The molecule has 0 radical (unpaired) electrons. The van der Waals surface area contributed by atoms with Crippen LogP contribution in [-0.4, -0.2) is 17.9 Å². The highest BCUT2D eigenvalue weighted by atomic mass is 35.5. The lowest BCUT2D eigenvalue weighted by molar-refractivity contribution is 0.0935. The van der Waals surface area contributed by atoms with Gasteiger partial charge in [-0.15, -0.1) is 0 Å². The van der Waals surface area contributed by atoms with Crippen molar-refractivity contribution in [3.63, 3.8) is 0 Å². The number of anilines is 1. The summed E-state index contributed by atoms with van der Waals surface area (Å²) in [4.78, 5) is 16.5. The number of nitrogens with zero attached hydrogens (tertiary/aromatic N) is 1. The maximum atomic E-state index is 12.3. The molecule has 0 spiro atoms. The Morgan fingerprint density at radius 1 is 1.14 bits per heavy atom.